The number of hydrogen-bond donors (Lipinski definition) is 1. The molecule has 0 bridgehead atoms. The van der Waals surface area contributed by atoms with Crippen molar-refractivity contribution in [1.29, 1.82) is 0 Å². The van der Waals surface area contributed by atoms with Crippen LogP contribution in [0.4, 0.5) is 23.4 Å². The highest BCUT2D eigenvalue weighted by Crippen LogP contribution is 2.46. The van der Waals surface area contributed by atoms with Crippen LogP contribution in [0.25, 0.3) is 0 Å². The van der Waals surface area contributed by atoms with Crippen molar-refractivity contribution in [3.05, 3.63) is 59.5 Å². The molecule has 1 aromatic carbocycles. The highest BCUT2D eigenvalue weighted by Gasteiger charge is 2.51. The molecule has 0 radical (unpaired) electrons. The molecular weight excluding hydrogens is 386 g/mol. The third kappa shape index (κ3) is 3.80. The average molecular weight is 407 g/mol. The molecule has 3 atom stereocenters. The maximum absolute atomic E-state index is 13.4. The van der Waals surface area contributed by atoms with Crippen LogP contribution >= 0.6 is 0 Å². The van der Waals surface area contributed by atoms with Gasteiger partial charge < -0.3 is 10.2 Å². The van der Waals surface area contributed by atoms with Crippen LogP contribution in [-0.2, 0) is 6.18 Å². The molecule has 1 aliphatic heterocycles. The summed E-state index contributed by atoms with van der Waals surface area (Å²) in [5, 5.41) is 3.05. The molecule has 8 heteroatoms. The topological polar surface area (TPSA) is 45.2 Å². The van der Waals surface area contributed by atoms with Gasteiger partial charge in [-0.05, 0) is 56.0 Å². The maximum atomic E-state index is 13.4. The lowest BCUT2D eigenvalue weighted by Crippen LogP contribution is -2.50. The lowest BCUT2D eigenvalue weighted by molar-refractivity contribution is -0.141. The molecule has 2 fully saturated rings. The van der Waals surface area contributed by atoms with Gasteiger partial charge in [0.15, 0.2) is 0 Å². The Hall–Kier alpha value is -2.64. The number of carbonyl (C=O) groups is 1. The fourth-order valence-corrected chi connectivity index (χ4v) is 4.62. The van der Waals surface area contributed by atoms with Crippen molar-refractivity contribution < 1.29 is 22.4 Å². The highest BCUT2D eigenvalue weighted by atomic mass is 19.4. The minimum atomic E-state index is -4.49. The Balaban J connectivity index is 1.50. The number of pyridine rings is 1. The summed E-state index contributed by atoms with van der Waals surface area (Å²) >= 11 is 0. The van der Waals surface area contributed by atoms with Crippen LogP contribution < -0.4 is 10.2 Å². The van der Waals surface area contributed by atoms with Crippen molar-refractivity contribution in [1.82, 2.24) is 10.3 Å². The first-order chi connectivity index (χ1) is 13.7. The van der Waals surface area contributed by atoms with Crippen molar-refractivity contribution in [3.8, 4) is 0 Å². The Labute approximate surface area is 165 Å². The summed E-state index contributed by atoms with van der Waals surface area (Å²) < 4.78 is 52.4. The highest BCUT2D eigenvalue weighted by molar-refractivity contribution is 5.94. The van der Waals surface area contributed by atoms with Gasteiger partial charge >= 0.3 is 6.18 Å². The lowest BCUT2D eigenvalue weighted by Gasteiger charge is -2.33. The Morgan fingerprint density at radius 3 is 2.69 bits per heavy atom. The Morgan fingerprint density at radius 2 is 1.97 bits per heavy atom. The van der Waals surface area contributed by atoms with E-state index in [0.29, 0.717) is 18.9 Å². The first-order valence-corrected chi connectivity index (χ1v) is 9.53. The molecule has 0 spiro atoms. The largest absolute Gasteiger partial charge is 0.433 e. The van der Waals surface area contributed by atoms with Crippen LogP contribution in [0.2, 0.25) is 0 Å². The van der Waals surface area contributed by atoms with Gasteiger partial charge in [0.2, 0.25) is 0 Å². The molecule has 2 aliphatic rings. The van der Waals surface area contributed by atoms with E-state index in [4.69, 9.17) is 0 Å². The van der Waals surface area contributed by atoms with Gasteiger partial charge in [-0.1, -0.05) is 12.1 Å². The average Bonchev–Trinajstić information content (AvgIpc) is 3.22. The molecule has 1 saturated heterocycles. The molecule has 1 saturated carbocycles. The van der Waals surface area contributed by atoms with Crippen molar-refractivity contribution in [2.75, 3.05) is 18.0 Å². The minimum absolute atomic E-state index is 0.0800. The lowest BCUT2D eigenvalue weighted by atomic mass is 9.86. The molecular formula is C21H21F4N3O. The number of benzene rings is 1. The first kappa shape index (κ1) is 19.7. The minimum Gasteiger partial charge on any atom is -0.356 e. The number of fused-ring (bicyclic) bond motifs is 1. The van der Waals surface area contributed by atoms with Gasteiger partial charge in [0, 0.05) is 30.1 Å². The van der Waals surface area contributed by atoms with Crippen molar-refractivity contribution in [2.24, 2.45) is 11.8 Å². The first-order valence-electron chi connectivity index (χ1n) is 9.53. The fourth-order valence-electron chi connectivity index (χ4n) is 4.62. The second kappa shape index (κ2) is 7.00. The fraction of sp³-hybridized carbons (Fsp3) is 0.429. The zero-order valence-electron chi connectivity index (χ0n) is 15.8. The number of halogens is 4. The van der Waals surface area contributed by atoms with Crippen molar-refractivity contribution >= 4 is 11.7 Å². The van der Waals surface area contributed by atoms with Crippen LogP contribution in [0, 0.1) is 17.7 Å². The molecule has 2 heterocycles. The van der Waals surface area contributed by atoms with E-state index in [9.17, 15) is 22.4 Å². The van der Waals surface area contributed by atoms with Gasteiger partial charge in [0.25, 0.3) is 5.91 Å². The van der Waals surface area contributed by atoms with E-state index in [2.05, 4.69) is 10.3 Å². The number of amides is 1. The van der Waals surface area contributed by atoms with E-state index in [0.717, 1.165) is 18.9 Å². The predicted octanol–water partition coefficient (Wildman–Crippen LogP) is 4.27. The molecule has 4 rings (SSSR count). The van der Waals surface area contributed by atoms with E-state index in [1.54, 1.807) is 12.1 Å². The van der Waals surface area contributed by atoms with Crippen LogP contribution in [0.5, 0.6) is 0 Å². The summed E-state index contributed by atoms with van der Waals surface area (Å²) in [4.78, 5) is 18.3. The van der Waals surface area contributed by atoms with Crippen LogP contribution in [0.15, 0.2) is 42.5 Å². The molecule has 154 valence electrons. The van der Waals surface area contributed by atoms with Gasteiger partial charge in [-0.3, -0.25) is 4.79 Å². The van der Waals surface area contributed by atoms with Gasteiger partial charge in [-0.25, -0.2) is 9.37 Å². The van der Waals surface area contributed by atoms with Crippen molar-refractivity contribution in [3.63, 3.8) is 0 Å². The Morgan fingerprint density at radius 1 is 1.21 bits per heavy atom. The SMILES string of the molecule is C[C@@]1(NC(=O)c2cccc(F)c2)CC[C@@H]2CN(c3cccc(C(F)(F)F)n3)C[C@@H]21. The van der Waals surface area contributed by atoms with E-state index < -0.39 is 23.2 Å². The van der Waals surface area contributed by atoms with Crippen LogP contribution in [-0.4, -0.2) is 29.5 Å². The number of nitrogens with zero attached hydrogens (tertiary/aromatic N) is 2. The molecule has 1 amide bonds. The third-order valence-electron chi connectivity index (χ3n) is 6.13. The Kier molecular flexibility index (Phi) is 4.75. The maximum Gasteiger partial charge on any atom is 0.433 e. The normalized spacial score (nSPS) is 26.4. The van der Waals surface area contributed by atoms with Gasteiger partial charge in [0.05, 0.1) is 0 Å². The summed E-state index contributed by atoms with van der Waals surface area (Å²) in [6.45, 7) is 3.07. The van der Waals surface area contributed by atoms with Gasteiger partial charge in [0.1, 0.15) is 17.3 Å². The summed E-state index contributed by atoms with van der Waals surface area (Å²) in [5.41, 5.74) is -1.16. The summed E-state index contributed by atoms with van der Waals surface area (Å²) in [5.74, 6) is -0.188. The van der Waals surface area contributed by atoms with E-state index in [1.165, 1.54) is 24.3 Å². The van der Waals surface area contributed by atoms with E-state index >= 15 is 0 Å². The number of hydrogen-bond acceptors (Lipinski definition) is 3. The monoisotopic (exact) mass is 407 g/mol. The third-order valence-corrected chi connectivity index (χ3v) is 6.13. The standard InChI is InChI=1S/C21H21F4N3O/c1-20(27-19(29)13-4-2-5-15(22)10-13)9-8-14-11-28(12-16(14)20)18-7-3-6-17(26-18)21(23,24)25/h2-7,10,14,16H,8-9,11-12H2,1H3,(H,27,29)/t14-,16+,20-/m1/s1. The van der Waals surface area contributed by atoms with Crippen molar-refractivity contribution in [2.45, 2.75) is 31.5 Å². The number of carbonyl (C=O) groups excluding carboxylic acids is 1. The number of alkyl halides is 3. The van der Waals surface area contributed by atoms with Gasteiger partial charge in [-0.2, -0.15) is 13.2 Å². The molecule has 1 N–H and O–H groups in total. The number of aromatic nitrogens is 1. The Bertz CT molecular complexity index is 932. The predicted molar refractivity (Wildman–Crippen MR) is 99.9 cm³/mol. The summed E-state index contributed by atoms with van der Waals surface area (Å²) in [6, 6.07) is 9.43. The number of nitrogens with one attached hydrogen (secondary N) is 1. The molecule has 4 nitrogen and oxygen atoms in total. The quantitative estimate of drug-likeness (QED) is 0.773. The second-order valence-electron chi connectivity index (χ2n) is 8.07. The smallest absolute Gasteiger partial charge is 0.356 e. The number of anilines is 1. The zero-order chi connectivity index (χ0) is 20.8. The molecule has 0 unspecified atom stereocenters. The van der Waals surface area contributed by atoms with Crippen LogP contribution in [0.3, 0.4) is 0 Å². The second-order valence-corrected chi connectivity index (χ2v) is 8.07. The summed E-state index contributed by atoms with van der Waals surface area (Å²) in [7, 11) is 0. The molecule has 29 heavy (non-hydrogen) atoms. The van der Waals surface area contributed by atoms with E-state index in [-0.39, 0.29) is 23.3 Å². The van der Waals surface area contributed by atoms with Gasteiger partial charge in [-0.15, -0.1) is 0 Å². The van der Waals surface area contributed by atoms with Crippen LogP contribution in [0.1, 0.15) is 35.8 Å². The zero-order valence-corrected chi connectivity index (χ0v) is 15.8. The molecule has 2 aromatic rings. The number of rotatable bonds is 3. The summed E-state index contributed by atoms with van der Waals surface area (Å²) in [6.07, 6.45) is -2.85. The molecule has 1 aromatic heterocycles. The molecule has 1 aliphatic carbocycles. The van der Waals surface area contributed by atoms with E-state index in [1.807, 2.05) is 11.8 Å².